The molecule has 0 aliphatic carbocycles. The molecular weight excluding hydrogens is 779 g/mol. The summed E-state index contributed by atoms with van der Waals surface area (Å²) in [6.07, 6.45) is -4.58. The second-order valence-corrected chi connectivity index (χ2v) is 14.1. The van der Waals surface area contributed by atoms with E-state index < -0.39 is 72.6 Å². The number of hydrogen-bond acceptors (Lipinski definition) is 8. The Labute approximate surface area is 315 Å². The number of rotatable bonds is 13. The Bertz CT molecular complexity index is 2130. The van der Waals surface area contributed by atoms with Crippen LogP contribution in [-0.4, -0.2) is 72.5 Å². The first-order chi connectivity index (χ1) is 26.1. The fourth-order valence-corrected chi connectivity index (χ4v) is 6.26. The molecule has 0 saturated carbocycles. The molecule has 14 nitrogen and oxygen atoms in total. The normalized spacial score (nSPS) is 14.4. The van der Waals surface area contributed by atoms with Gasteiger partial charge in [-0.15, -0.1) is 0 Å². The zero-order valence-electron chi connectivity index (χ0n) is 30.1. The van der Waals surface area contributed by atoms with Crippen molar-refractivity contribution in [3.05, 3.63) is 121 Å². The van der Waals surface area contributed by atoms with Crippen molar-refractivity contribution in [1.82, 2.24) is 19.4 Å². The van der Waals surface area contributed by atoms with Crippen molar-refractivity contribution >= 4 is 19.5 Å². The maximum absolute atomic E-state index is 14.9. The third-order valence-electron chi connectivity index (χ3n) is 8.83. The number of anilines is 1. The lowest BCUT2D eigenvalue weighted by molar-refractivity contribution is -0.153. The van der Waals surface area contributed by atoms with Crippen LogP contribution in [0.5, 0.6) is 0 Å². The molecule has 4 aromatic rings. The minimum Gasteiger partial charge on any atom is -0.481 e. The number of carboxylic acid groups (broad SMARTS) is 1. The number of benzene rings is 2. The molecule has 2 aromatic carbocycles. The molecule has 1 aliphatic rings. The van der Waals surface area contributed by atoms with Gasteiger partial charge in [-0.2, -0.15) is 13.2 Å². The number of nitrogens with one attached hydrogen (secondary N) is 1. The fraction of sp³-hybridized carbons (Fsp3) is 0.400. The van der Waals surface area contributed by atoms with E-state index >= 15 is 0 Å². The summed E-state index contributed by atoms with van der Waals surface area (Å²) >= 11 is 0. The van der Waals surface area contributed by atoms with Crippen molar-refractivity contribution in [2.24, 2.45) is 0 Å². The van der Waals surface area contributed by atoms with Crippen LogP contribution >= 0.6 is 7.82 Å². The Kier molecular flexibility index (Phi) is 14.5. The molecule has 0 amide bonds. The maximum atomic E-state index is 14.9. The van der Waals surface area contributed by atoms with E-state index in [1.807, 2.05) is 4.90 Å². The summed E-state index contributed by atoms with van der Waals surface area (Å²) in [6, 6.07) is 8.76. The Morgan fingerprint density at radius 3 is 2.11 bits per heavy atom. The van der Waals surface area contributed by atoms with Gasteiger partial charge in [0.15, 0.2) is 0 Å². The Morgan fingerprint density at radius 2 is 1.55 bits per heavy atom. The number of halogens is 6. The van der Waals surface area contributed by atoms with Crippen LogP contribution in [0, 0.1) is 31.3 Å². The van der Waals surface area contributed by atoms with Gasteiger partial charge in [0.25, 0.3) is 5.56 Å². The van der Waals surface area contributed by atoms with Crippen LogP contribution in [0.1, 0.15) is 52.8 Å². The number of aryl methyl sites for hydroxylation is 1. The quantitative estimate of drug-likeness (QED) is 0.0732. The molecular formula is C35H40F6N5O9P. The number of carbonyl (C=O) groups is 1. The summed E-state index contributed by atoms with van der Waals surface area (Å²) in [4.78, 5) is 64.6. The van der Waals surface area contributed by atoms with Crippen molar-refractivity contribution < 1.29 is 59.9 Å². The number of phosphoric acid groups is 1. The Morgan fingerprint density at radius 1 is 0.929 bits per heavy atom. The average molecular weight is 820 g/mol. The highest BCUT2D eigenvalue weighted by Gasteiger charge is 2.35. The summed E-state index contributed by atoms with van der Waals surface area (Å²) in [5.41, 5.74) is -0.788. The molecule has 21 heteroatoms. The summed E-state index contributed by atoms with van der Waals surface area (Å²) in [6.45, 7) is 3.56. The molecule has 0 unspecified atom stereocenters. The van der Waals surface area contributed by atoms with Crippen molar-refractivity contribution in [1.29, 1.82) is 0 Å². The molecule has 5 N–H and O–H groups in total. The second kappa shape index (κ2) is 18.5. The van der Waals surface area contributed by atoms with Gasteiger partial charge < -0.3 is 34.4 Å². The largest absolute Gasteiger partial charge is 0.481 e. The lowest BCUT2D eigenvalue weighted by atomic mass is 10.0. The third-order valence-corrected chi connectivity index (χ3v) is 8.83. The fourth-order valence-electron chi connectivity index (χ4n) is 6.26. The van der Waals surface area contributed by atoms with Gasteiger partial charge >= 0.3 is 25.7 Å². The molecule has 1 atom stereocenters. The number of aliphatic carboxylic acids is 1. The number of aromatic nitrogens is 2. The number of alkyl halides is 3. The molecule has 3 heterocycles. The smallest absolute Gasteiger partial charge is 0.466 e. The molecule has 0 radical (unpaired) electrons. The lowest BCUT2D eigenvalue weighted by Gasteiger charge is -2.36. The zero-order chi connectivity index (χ0) is 41.5. The zero-order valence-corrected chi connectivity index (χ0v) is 31.0. The van der Waals surface area contributed by atoms with Gasteiger partial charge in [0.05, 0.1) is 25.7 Å². The molecule has 2 aromatic heterocycles. The van der Waals surface area contributed by atoms with Gasteiger partial charge in [0, 0.05) is 43.9 Å². The van der Waals surface area contributed by atoms with E-state index in [9.17, 15) is 40.7 Å². The van der Waals surface area contributed by atoms with Crippen molar-refractivity contribution in [2.75, 3.05) is 37.6 Å². The van der Waals surface area contributed by atoms with Gasteiger partial charge in [-0.1, -0.05) is 12.1 Å². The van der Waals surface area contributed by atoms with E-state index in [-0.39, 0.29) is 62.7 Å². The minimum absolute atomic E-state index is 0.0848. The standard InChI is InChI=1S/C35H37F6N5O5.H3O4P/c1-21-15-23(17-24(36)16-21)29(42-10-4-7-31(47)48)20-46-33(49)32(22(2)45(34(46)50)19-26-27(37)5-3-6-28(26)38)44-13-11-43(12-14-44)18-25-8-9-30(51-25)35(39,40)41;1-5(2,3)4/h3,5-6,8-9,15-17,29,42H,4,7,10-14,18-20H2,1-2H3,(H,47,48);(H3,1,2,3,4)/t29-;/m0./s1. The van der Waals surface area contributed by atoms with E-state index in [1.165, 1.54) is 31.2 Å². The molecule has 5 rings (SSSR count). The molecule has 0 spiro atoms. The predicted molar refractivity (Wildman–Crippen MR) is 189 cm³/mol. The summed E-state index contributed by atoms with van der Waals surface area (Å²) in [5, 5.41) is 12.2. The van der Waals surface area contributed by atoms with Crippen LogP contribution in [0.25, 0.3) is 0 Å². The van der Waals surface area contributed by atoms with Crippen LogP contribution < -0.4 is 21.5 Å². The Balaban J connectivity index is 0.00000131. The van der Waals surface area contributed by atoms with E-state index in [0.717, 1.165) is 27.3 Å². The molecule has 306 valence electrons. The van der Waals surface area contributed by atoms with E-state index in [0.29, 0.717) is 24.2 Å². The van der Waals surface area contributed by atoms with E-state index in [2.05, 4.69) is 5.32 Å². The maximum Gasteiger partial charge on any atom is 0.466 e. The van der Waals surface area contributed by atoms with Crippen LogP contribution in [0.3, 0.4) is 0 Å². The molecule has 1 saturated heterocycles. The van der Waals surface area contributed by atoms with Crippen molar-refractivity contribution in [2.45, 2.75) is 58.5 Å². The summed E-state index contributed by atoms with van der Waals surface area (Å²) < 4.78 is 99.3. The molecule has 56 heavy (non-hydrogen) atoms. The van der Waals surface area contributed by atoms with Crippen molar-refractivity contribution in [3.63, 3.8) is 0 Å². The van der Waals surface area contributed by atoms with Crippen LogP contribution in [-0.2, 0) is 35.2 Å². The summed E-state index contributed by atoms with van der Waals surface area (Å²) in [7, 11) is -4.64. The minimum atomic E-state index is -4.64. The summed E-state index contributed by atoms with van der Waals surface area (Å²) in [5.74, 6) is -4.36. The van der Waals surface area contributed by atoms with Gasteiger partial charge in [-0.25, -0.2) is 22.5 Å². The second-order valence-electron chi connectivity index (χ2n) is 13.0. The van der Waals surface area contributed by atoms with E-state index in [1.54, 1.807) is 17.9 Å². The van der Waals surface area contributed by atoms with Crippen molar-refractivity contribution in [3.8, 4) is 0 Å². The first-order valence-corrected chi connectivity index (χ1v) is 18.6. The third kappa shape index (κ3) is 12.1. The predicted octanol–water partition coefficient (Wildman–Crippen LogP) is 4.29. The molecule has 1 fully saturated rings. The number of hydrogen-bond donors (Lipinski definition) is 5. The van der Waals surface area contributed by atoms with Crippen LogP contribution in [0.4, 0.5) is 32.0 Å². The van der Waals surface area contributed by atoms with Gasteiger partial charge in [0.1, 0.15) is 28.9 Å². The lowest BCUT2D eigenvalue weighted by Crippen LogP contribution is -2.51. The average Bonchev–Trinajstić information content (AvgIpc) is 3.56. The van der Waals surface area contributed by atoms with Gasteiger partial charge in [-0.3, -0.25) is 23.6 Å². The number of nitrogens with zero attached hydrogens (tertiary/aromatic N) is 4. The number of furan rings is 1. The van der Waals surface area contributed by atoms with Crippen LogP contribution in [0.15, 0.2) is 62.5 Å². The topological polar surface area (TPSA) is 191 Å². The van der Waals surface area contributed by atoms with E-state index in [4.69, 9.17) is 28.8 Å². The first kappa shape index (κ1) is 44.0. The van der Waals surface area contributed by atoms with Crippen LogP contribution in [0.2, 0.25) is 0 Å². The van der Waals surface area contributed by atoms with Gasteiger partial charge in [0.2, 0.25) is 5.76 Å². The number of piperazine rings is 1. The SMILES string of the molecule is Cc1cc(F)cc([C@H](Cn2c(=O)c(N3CCN(Cc4ccc(C(F)(F)F)o4)CC3)c(C)n(Cc3c(F)cccc3F)c2=O)NCCCC(=O)O)c1.O=P(O)(O)O. The number of carboxylic acids is 1. The van der Waals surface area contributed by atoms with Gasteiger partial charge in [-0.05, 0) is 74.3 Å². The molecule has 0 bridgehead atoms. The first-order valence-electron chi connectivity index (χ1n) is 17.0. The molecule has 1 aliphatic heterocycles. The highest BCUT2D eigenvalue weighted by Crippen LogP contribution is 2.31. The highest BCUT2D eigenvalue weighted by atomic mass is 31.2. The monoisotopic (exact) mass is 819 g/mol. The highest BCUT2D eigenvalue weighted by molar-refractivity contribution is 7.45. The Hall–Kier alpha value is -4.72.